The molecule has 0 spiro atoms. The Morgan fingerprint density at radius 2 is 1.96 bits per heavy atom. The molecule has 1 saturated carbocycles. The summed E-state index contributed by atoms with van der Waals surface area (Å²) >= 11 is 0. The number of aliphatic hydroxyl groups is 1. The highest BCUT2D eigenvalue weighted by atomic mass is 19.3. The van der Waals surface area contributed by atoms with Gasteiger partial charge in [0.25, 0.3) is 5.91 Å². The third-order valence-electron chi connectivity index (χ3n) is 5.30. The van der Waals surface area contributed by atoms with Gasteiger partial charge in [0.2, 0.25) is 0 Å². The van der Waals surface area contributed by atoms with Crippen LogP contribution in [0.3, 0.4) is 0 Å². The molecule has 0 radical (unpaired) electrons. The summed E-state index contributed by atoms with van der Waals surface area (Å²) in [5.74, 6) is -5.07. The highest BCUT2D eigenvalue weighted by Crippen LogP contribution is 2.43. The summed E-state index contributed by atoms with van der Waals surface area (Å²) in [6.45, 7) is 1.43. The summed E-state index contributed by atoms with van der Waals surface area (Å²) in [5, 5.41) is 12.9. The molecule has 1 atom stereocenters. The van der Waals surface area contributed by atoms with Crippen LogP contribution in [0.5, 0.6) is 0 Å². The molecule has 130 valence electrons. The zero-order valence-electron chi connectivity index (χ0n) is 13.1. The third kappa shape index (κ3) is 2.77. The van der Waals surface area contributed by atoms with Crippen LogP contribution in [0.2, 0.25) is 0 Å². The Morgan fingerprint density at radius 3 is 2.57 bits per heavy atom. The summed E-state index contributed by atoms with van der Waals surface area (Å²) in [6.07, 6.45) is 2.21. The van der Waals surface area contributed by atoms with Crippen LogP contribution >= 0.6 is 0 Å². The first-order valence-corrected chi connectivity index (χ1v) is 8.29. The molecule has 0 aromatic heterocycles. The number of piperidine rings is 1. The molecule has 3 amide bonds. The molecule has 3 rings (SSSR count). The maximum absolute atomic E-state index is 14.5. The molecule has 2 aliphatic heterocycles. The quantitative estimate of drug-likeness (QED) is 0.808. The van der Waals surface area contributed by atoms with Crippen LogP contribution in [-0.4, -0.2) is 70.6 Å². The van der Waals surface area contributed by atoms with Gasteiger partial charge in [0, 0.05) is 26.2 Å². The monoisotopic (exact) mass is 331 g/mol. The van der Waals surface area contributed by atoms with Crippen molar-refractivity contribution in [2.45, 2.75) is 56.1 Å². The maximum Gasteiger partial charge on any atom is 0.352 e. The van der Waals surface area contributed by atoms with Gasteiger partial charge >= 0.3 is 12.0 Å². The minimum Gasteiger partial charge on any atom is -0.383 e. The molecule has 0 aromatic carbocycles. The van der Waals surface area contributed by atoms with Gasteiger partial charge < -0.3 is 20.2 Å². The van der Waals surface area contributed by atoms with E-state index in [9.17, 15) is 23.5 Å². The van der Waals surface area contributed by atoms with Crippen LogP contribution in [0.4, 0.5) is 13.6 Å². The predicted octanol–water partition coefficient (Wildman–Crippen LogP) is 0.943. The van der Waals surface area contributed by atoms with Crippen LogP contribution in [0, 0.1) is 0 Å². The van der Waals surface area contributed by atoms with E-state index in [1.54, 1.807) is 4.90 Å². The fourth-order valence-electron chi connectivity index (χ4n) is 3.90. The van der Waals surface area contributed by atoms with E-state index in [1.165, 1.54) is 0 Å². The Kier molecular flexibility index (Phi) is 4.20. The Labute approximate surface area is 133 Å². The van der Waals surface area contributed by atoms with Crippen LogP contribution < -0.4 is 5.32 Å². The van der Waals surface area contributed by atoms with Gasteiger partial charge in [-0.2, -0.15) is 8.78 Å². The number of hydrogen-bond donors (Lipinski definition) is 2. The molecule has 2 heterocycles. The van der Waals surface area contributed by atoms with E-state index < -0.39 is 17.4 Å². The summed E-state index contributed by atoms with van der Waals surface area (Å²) < 4.78 is 29.1. The average molecular weight is 331 g/mol. The van der Waals surface area contributed by atoms with E-state index in [0.29, 0.717) is 38.8 Å². The van der Waals surface area contributed by atoms with Gasteiger partial charge in [-0.25, -0.2) is 4.79 Å². The Morgan fingerprint density at radius 1 is 1.26 bits per heavy atom. The minimum atomic E-state index is -3.77. The number of rotatable bonds is 3. The smallest absolute Gasteiger partial charge is 0.352 e. The van der Waals surface area contributed by atoms with Gasteiger partial charge in [-0.3, -0.25) is 4.79 Å². The fourth-order valence-corrected chi connectivity index (χ4v) is 3.90. The van der Waals surface area contributed by atoms with Crippen molar-refractivity contribution in [1.29, 1.82) is 0 Å². The van der Waals surface area contributed by atoms with Crippen molar-refractivity contribution < 1.29 is 23.5 Å². The van der Waals surface area contributed by atoms with Gasteiger partial charge in [-0.05, 0) is 25.7 Å². The van der Waals surface area contributed by atoms with Crippen molar-refractivity contribution in [1.82, 2.24) is 15.1 Å². The fraction of sp³-hybridized carbons (Fsp3) is 0.867. The van der Waals surface area contributed by atoms with Gasteiger partial charge in [0.15, 0.2) is 0 Å². The van der Waals surface area contributed by atoms with E-state index in [1.807, 2.05) is 0 Å². The maximum atomic E-state index is 14.5. The average Bonchev–Trinajstić information content (AvgIpc) is 3.16. The van der Waals surface area contributed by atoms with Crippen molar-refractivity contribution in [3.63, 3.8) is 0 Å². The van der Waals surface area contributed by atoms with Gasteiger partial charge in [-0.1, -0.05) is 12.8 Å². The standard InChI is InChI=1S/C15H23F2N3O3/c16-15(17,14(23)5-1-2-6-14)12(21)19-8-3-4-11(10-19)20-9-7-18-13(20)22/h11,23H,1-10H2,(H,18,22). The number of amides is 3. The normalized spacial score (nSPS) is 28.1. The molecule has 1 aliphatic carbocycles. The molecule has 8 heteroatoms. The van der Waals surface area contributed by atoms with Crippen molar-refractivity contribution in [2.75, 3.05) is 26.2 Å². The molecule has 3 fully saturated rings. The Balaban J connectivity index is 1.70. The van der Waals surface area contributed by atoms with Crippen LogP contribution in [-0.2, 0) is 4.79 Å². The second kappa shape index (κ2) is 5.89. The Hall–Kier alpha value is -1.44. The molecular weight excluding hydrogens is 308 g/mol. The predicted molar refractivity (Wildman–Crippen MR) is 78.1 cm³/mol. The SMILES string of the molecule is O=C1NCCN1C1CCCN(C(=O)C(F)(F)C2(O)CCCC2)C1. The number of halogens is 2. The lowest BCUT2D eigenvalue weighted by Gasteiger charge is -2.40. The van der Waals surface area contributed by atoms with Gasteiger partial charge in [0.05, 0.1) is 6.04 Å². The third-order valence-corrected chi connectivity index (χ3v) is 5.30. The zero-order chi connectivity index (χ0) is 16.7. The molecule has 1 unspecified atom stereocenters. The van der Waals surface area contributed by atoms with E-state index in [4.69, 9.17) is 0 Å². The first kappa shape index (κ1) is 16.4. The van der Waals surface area contributed by atoms with Gasteiger partial charge in [0.1, 0.15) is 5.60 Å². The van der Waals surface area contributed by atoms with E-state index in [2.05, 4.69) is 5.32 Å². The first-order valence-electron chi connectivity index (χ1n) is 8.29. The number of carbonyl (C=O) groups is 2. The molecule has 2 N–H and O–H groups in total. The largest absolute Gasteiger partial charge is 0.383 e. The van der Waals surface area contributed by atoms with Crippen molar-refractivity contribution in [2.24, 2.45) is 0 Å². The summed E-state index contributed by atoms with van der Waals surface area (Å²) in [6, 6.07) is -0.435. The number of alkyl halides is 2. The Bertz CT molecular complexity index is 494. The molecule has 0 bridgehead atoms. The van der Waals surface area contributed by atoms with Crippen molar-refractivity contribution in [3.8, 4) is 0 Å². The van der Waals surface area contributed by atoms with Crippen LogP contribution in [0.15, 0.2) is 0 Å². The van der Waals surface area contributed by atoms with E-state index >= 15 is 0 Å². The second-order valence-corrected chi connectivity index (χ2v) is 6.79. The highest BCUT2D eigenvalue weighted by Gasteiger charge is 2.60. The lowest BCUT2D eigenvalue weighted by Crippen LogP contribution is -2.60. The lowest BCUT2D eigenvalue weighted by molar-refractivity contribution is -0.201. The van der Waals surface area contributed by atoms with Gasteiger partial charge in [-0.15, -0.1) is 0 Å². The number of likely N-dealkylation sites (tertiary alicyclic amines) is 1. The highest BCUT2D eigenvalue weighted by molar-refractivity contribution is 5.85. The molecule has 3 aliphatic rings. The van der Waals surface area contributed by atoms with E-state index in [0.717, 1.165) is 4.90 Å². The molecule has 6 nitrogen and oxygen atoms in total. The minimum absolute atomic E-state index is 0.0441. The zero-order valence-corrected chi connectivity index (χ0v) is 13.1. The number of nitrogens with zero attached hydrogens (tertiary/aromatic N) is 2. The first-order chi connectivity index (χ1) is 10.8. The number of nitrogens with one attached hydrogen (secondary N) is 1. The number of urea groups is 1. The lowest BCUT2D eigenvalue weighted by atomic mass is 9.91. The summed E-state index contributed by atoms with van der Waals surface area (Å²) in [5.41, 5.74) is -2.22. The molecule has 23 heavy (non-hydrogen) atoms. The topological polar surface area (TPSA) is 72.9 Å². The molecular formula is C15H23F2N3O3. The molecule has 2 saturated heterocycles. The van der Waals surface area contributed by atoms with Crippen LogP contribution in [0.1, 0.15) is 38.5 Å². The number of hydrogen-bond acceptors (Lipinski definition) is 3. The second-order valence-electron chi connectivity index (χ2n) is 6.79. The summed E-state index contributed by atoms with van der Waals surface area (Å²) in [7, 11) is 0. The van der Waals surface area contributed by atoms with Crippen molar-refractivity contribution in [3.05, 3.63) is 0 Å². The molecule has 0 aromatic rings. The van der Waals surface area contributed by atoms with E-state index in [-0.39, 0.29) is 38.0 Å². The van der Waals surface area contributed by atoms with Crippen molar-refractivity contribution >= 4 is 11.9 Å². The number of carbonyl (C=O) groups excluding carboxylic acids is 2. The van der Waals surface area contributed by atoms with Crippen LogP contribution in [0.25, 0.3) is 0 Å². The summed E-state index contributed by atoms with van der Waals surface area (Å²) in [4.78, 5) is 26.8.